The number of hydrogen-bond acceptors (Lipinski definition) is 3. The third-order valence-corrected chi connectivity index (χ3v) is 3.00. The van der Waals surface area contributed by atoms with E-state index in [9.17, 15) is 5.11 Å². The van der Waals surface area contributed by atoms with Crippen molar-refractivity contribution in [2.45, 2.75) is 33.3 Å². The number of hydrogen-bond donors (Lipinski definition) is 1. The van der Waals surface area contributed by atoms with Crippen molar-refractivity contribution in [3.63, 3.8) is 0 Å². The molecule has 1 N–H and O–H groups in total. The van der Waals surface area contributed by atoms with Crippen molar-refractivity contribution in [1.29, 1.82) is 0 Å². The first kappa shape index (κ1) is 13.6. The number of nitrogens with zero attached hydrogens (tertiary/aromatic N) is 2. The number of aliphatic hydroxyl groups is 1. The Balaban J connectivity index is 2.38. The van der Waals surface area contributed by atoms with Gasteiger partial charge in [0.15, 0.2) is 0 Å². The fourth-order valence-corrected chi connectivity index (χ4v) is 2.18. The highest BCUT2D eigenvalue weighted by Crippen LogP contribution is 2.24. The Labute approximate surface area is 113 Å². The number of aromatic nitrogens is 2. The first-order valence-electron chi connectivity index (χ1n) is 6.58. The van der Waals surface area contributed by atoms with Gasteiger partial charge in [0.1, 0.15) is 5.75 Å². The molecule has 1 aromatic heterocycles. The standard InChI is InChI=1S/C15H20N2O2/c1-4-19-14-7-5-13(6-8-14)17-15(11(2)3)12(10-18)9-16-17/h5-9,11,18H,4,10H2,1-3H3. The van der Waals surface area contributed by atoms with Gasteiger partial charge < -0.3 is 9.84 Å². The molecule has 0 bridgehead atoms. The predicted octanol–water partition coefficient (Wildman–Crippen LogP) is 2.89. The van der Waals surface area contributed by atoms with Gasteiger partial charge in [0.25, 0.3) is 0 Å². The molecule has 4 heteroatoms. The molecule has 0 fully saturated rings. The lowest BCUT2D eigenvalue weighted by Crippen LogP contribution is -2.05. The molecule has 2 rings (SSSR count). The highest BCUT2D eigenvalue weighted by atomic mass is 16.5. The molecule has 4 nitrogen and oxygen atoms in total. The highest BCUT2D eigenvalue weighted by Gasteiger charge is 2.14. The SMILES string of the molecule is CCOc1ccc(-n2ncc(CO)c2C(C)C)cc1. The van der Waals surface area contributed by atoms with Gasteiger partial charge in [-0.2, -0.15) is 5.10 Å². The van der Waals surface area contributed by atoms with Gasteiger partial charge in [-0.25, -0.2) is 4.68 Å². The predicted molar refractivity (Wildman–Crippen MR) is 74.7 cm³/mol. The van der Waals surface area contributed by atoms with Crippen molar-refractivity contribution >= 4 is 0 Å². The summed E-state index contributed by atoms with van der Waals surface area (Å²) in [5.74, 6) is 1.16. The van der Waals surface area contributed by atoms with E-state index in [4.69, 9.17) is 4.74 Å². The minimum Gasteiger partial charge on any atom is -0.494 e. The van der Waals surface area contributed by atoms with Gasteiger partial charge in [0, 0.05) is 5.56 Å². The summed E-state index contributed by atoms with van der Waals surface area (Å²) < 4.78 is 7.31. The maximum atomic E-state index is 9.37. The molecule has 0 radical (unpaired) electrons. The zero-order valence-electron chi connectivity index (χ0n) is 11.6. The summed E-state index contributed by atoms with van der Waals surface area (Å²) in [6, 6.07) is 7.82. The van der Waals surface area contributed by atoms with E-state index < -0.39 is 0 Å². The Kier molecular flexibility index (Phi) is 4.22. The molecule has 102 valence electrons. The summed E-state index contributed by atoms with van der Waals surface area (Å²) in [7, 11) is 0. The Morgan fingerprint density at radius 1 is 1.26 bits per heavy atom. The van der Waals surface area contributed by atoms with Crippen molar-refractivity contribution < 1.29 is 9.84 Å². The molecule has 2 aromatic rings. The van der Waals surface area contributed by atoms with Crippen LogP contribution in [0.5, 0.6) is 5.75 Å². The topological polar surface area (TPSA) is 47.3 Å². The number of rotatable bonds is 5. The first-order valence-corrected chi connectivity index (χ1v) is 6.58. The van der Waals surface area contributed by atoms with E-state index in [1.807, 2.05) is 35.9 Å². The summed E-state index contributed by atoms with van der Waals surface area (Å²) in [5.41, 5.74) is 2.90. The fourth-order valence-electron chi connectivity index (χ4n) is 2.18. The average Bonchev–Trinajstić information content (AvgIpc) is 2.84. The maximum Gasteiger partial charge on any atom is 0.119 e. The molecule has 0 unspecified atom stereocenters. The number of ether oxygens (including phenoxy) is 1. The van der Waals surface area contributed by atoms with Crippen LogP contribution in [0.15, 0.2) is 30.5 Å². The minimum absolute atomic E-state index is 0.0184. The number of aliphatic hydroxyl groups excluding tert-OH is 1. The van der Waals surface area contributed by atoms with E-state index in [0.717, 1.165) is 22.7 Å². The van der Waals surface area contributed by atoms with Crippen LogP contribution in [0, 0.1) is 0 Å². The molecule has 0 atom stereocenters. The monoisotopic (exact) mass is 260 g/mol. The summed E-state index contributed by atoms with van der Waals surface area (Å²) in [5, 5.41) is 13.7. The Hall–Kier alpha value is -1.81. The van der Waals surface area contributed by atoms with Crippen molar-refractivity contribution in [2.75, 3.05) is 6.61 Å². The van der Waals surface area contributed by atoms with Crippen LogP contribution in [-0.4, -0.2) is 21.5 Å². The van der Waals surface area contributed by atoms with E-state index >= 15 is 0 Å². The second-order valence-electron chi connectivity index (χ2n) is 4.71. The van der Waals surface area contributed by atoms with E-state index in [0.29, 0.717) is 12.5 Å². The molecule has 0 aliphatic carbocycles. The van der Waals surface area contributed by atoms with Gasteiger partial charge in [-0.1, -0.05) is 13.8 Å². The molecule has 0 amide bonds. The Morgan fingerprint density at radius 2 is 1.95 bits per heavy atom. The molecule has 0 saturated heterocycles. The van der Waals surface area contributed by atoms with Crippen LogP contribution in [-0.2, 0) is 6.61 Å². The van der Waals surface area contributed by atoms with Gasteiger partial charge >= 0.3 is 0 Å². The van der Waals surface area contributed by atoms with Crippen molar-refractivity contribution in [3.05, 3.63) is 41.7 Å². The normalized spacial score (nSPS) is 11.0. The summed E-state index contributed by atoms with van der Waals surface area (Å²) >= 11 is 0. The third kappa shape index (κ3) is 2.79. The largest absolute Gasteiger partial charge is 0.494 e. The second kappa shape index (κ2) is 5.89. The van der Waals surface area contributed by atoms with E-state index in [-0.39, 0.29) is 6.61 Å². The highest BCUT2D eigenvalue weighted by molar-refractivity contribution is 5.40. The van der Waals surface area contributed by atoms with Crippen molar-refractivity contribution in [2.24, 2.45) is 0 Å². The average molecular weight is 260 g/mol. The smallest absolute Gasteiger partial charge is 0.119 e. The molecule has 1 aromatic carbocycles. The lowest BCUT2D eigenvalue weighted by Gasteiger charge is -2.12. The molecule has 0 saturated carbocycles. The number of benzene rings is 1. The van der Waals surface area contributed by atoms with Crippen molar-refractivity contribution in [3.8, 4) is 11.4 Å². The van der Waals surface area contributed by atoms with Crippen LogP contribution in [0.1, 0.15) is 37.9 Å². The second-order valence-corrected chi connectivity index (χ2v) is 4.71. The van der Waals surface area contributed by atoms with E-state index in [1.165, 1.54) is 0 Å². The molecule has 0 aliphatic rings. The van der Waals surface area contributed by atoms with Crippen LogP contribution < -0.4 is 4.74 Å². The van der Waals surface area contributed by atoms with Gasteiger partial charge in [-0.15, -0.1) is 0 Å². The lowest BCUT2D eigenvalue weighted by atomic mass is 10.1. The van der Waals surface area contributed by atoms with Gasteiger partial charge in [-0.3, -0.25) is 0 Å². The first-order chi connectivity index (χ1) is 9.17. The molecule has 0 spiro atoms. The zero-order chi connectivity index (χ0) is 13.8. The van der Waals surface area contributed by atoms with Crippen LogP contribution in [0.3, 0.4) is 0 Å². The zero-order valence-corrected chi connectivity index (χ0v) is 11.6. The van der Waals surface area contributed by atoms with E-state index in [1.54, 1.807) is 6.20 Å². The molecular formula is C15H20N2O2. The Bertz CT molecular complexity index is 530. The summed E-state index contributed by atoms with van der Waals surface area (Å²) in [4.78, 5) is 0. The third-order valence-electron chi connectivity index (χ3n) is 3.00. The summed E-state index contributed by atoms with van der Waals surface area (Å²) in [6.45, 7) is 6.84. The molecule has 1 heterocycles. The lowest BCUT2D eigenvalue weighted by molar-refractivity contribution is 0.280. The van der Waals surface area contributed by atoms with Crippen molar-refractivity contribution in [1.82, 2.24) is 9.78 Å². The van der Waals surface area contributed by atoms with Crippen LogP contribution in [0.4, 0.5) is 0 Å². The molecular weight excluding hydrogens is 240 g/mol. The van der Waals surface area contributed by atoms with E-state index in [2.05, 4.69) is 18.9 Å². The minimum atomic E-state index is 0.0184. The molecule has 19 heavy (non-hydrogen) atoms. The van der Waals surface area contributed by atoms with Gasteiger partial charge in [0.05, 0.1) is 30.8 Å². The van der Waals surface area contributed by atoms with Gasteiger partial charge in [0.2, 0.25) is 0 Å². The van der Waals surface area contributed by atoms with Gasteiger partial charge in [-0.05, 0) is 37.1 Å². The van der Waals surface area contributed by atoms with Crippen LogP contribution >= 0.6 is 0 Å². The fraction of sp³-hybridized carbons (Fsp3) is 0.400. The quantitative estimate of drug-likeness (QED) is 0.899. The molecule has 0 aliphatic heterocycles. The van der Waals surface area contributed by atoms with Crippen LogP contribution in [0.25, 0.3) is 5.69 Å². The Morgan fingerprint density at radius 3 is 2.47 bits per heavy atom. The maximum absolute atomic E-state index is 9.37. The summed E-state index contributed by atoms with van der Waals surface area (Å²) in [6.07, 6.45) is 1.73. The van der Waals surface area contributed by atoms with Crippen LogP contribution in [0.2, 0.25) is 0 Å².